The molecule has 35 heavy (non-hydrogen) atoms. The van der Waals surface area contributed by atoms with Gasteiger partial charge in [-0.05, 0) is 48.7 Å². The van der Waals surface area contributed by atoms with Gasteiger partial charge in [-0.3, -0.25) is 9.78 Å². The largest absolute Gasteiger partial charge is 0.273 e. The Bertz CT molecular complexity index is 1460. The number of fused-ring (bicyclic) bond motifs is 1. The molecule has 0 spiro atoms. The number of hydrazone groups is 1. The lowest BCUT2D eigenvalue weighted by Gasteiger charge is -2.24. The van der Waals surface area contributed by atoms with Gasteiger partial charge in [0, 0.05) is 39.6 Å². The van der Waals surface area contributed by atoms with Crippen LogP contribution in [-0.2, 0) is 4.79 Å². The molecule has 0 N–H and O–H groups in total. The second kappa shape index (κ2) is 9.27. The van der Waals surface area contributed by atoms with E-state index in [2.05, 4.69) is 31.2 Å². The fourth-order valence-electron chi connectivity index (χ4n) is 4.95. The maximum atomic E-state index is 13.3. The zero-order valence-corrected chi connectivity index (χ0v) is 21.2. The van der Waals surface area contributed by atoms with Crippen molar-refractivity contribution in [1.82, 2.24) is 9.99 Å². The normalized spacial score (nSPS) is 15.7. The first-order chi connectivity index (χ1) is 16.8. The van der Waals surface area contributed by atoms with Crippen LogP contribution in [0.2, 0.25) is 5.02 Å². The van der Waals surface area contributed by atoms with E-state index in [1.807, 2.05) is 69.3 Å². The fraction of sp³-hybridized carbons (Fsp3) is 0.233. The van der Waals surface area contributed by atoms with Gasteiger partial charge in [-0.1, -0.05) is 80.0 Å². The number of hydrogen-bond acceptors (Lipinski definition) is 3. The highest BCUT2D eigenvalue weighted by Gasteiger charge is 2.36. The van der Waals surface area contributed by atoms with Gasteiger partial charge in [0.15, 0.2) is 0 Å². The zero-order valence-electron chi connectivity index (χ0n) is 20.4. The molecule has 4 nitrogen and oxygen atoms in total. The number of halogens is 1. The van der Waals surface area contributed by atoms with Crippen molar-refractivity contribution < 1.29 is 4.79 Å². The van der Waals surface area contributed by atoms with Crippen molar-refractivity contribution in [3.63, 3.8) is 0 Å². The van der Waals surface area contributed by atoms with Crippen molar-refractivity contribution in [2.75, 3.05) is 0 Å². The minimum atomic E-state index is -0.159. The van der Waals surface area contributed by atoms with Crippen molar-refractivity contribution in [1.29, 1.82) is 0 Å². The predicted octanol–water partition coefficient (Wildman–Crippen LogP) is 7.51. The number of rotatable bonds is 4. The van der Waals surface area contributed by atoms with E-state index in [9.17, 15) is 4.79 Å². The van der Waals surface area contributed by atoms with Gasteiger partial charge >= 0.3 is 0 Å². The third kappa shape index (κ3) is 4.23. The van der Waals surface area contributed by atoms with E-state index < -0.39 is 0 Å². The Labute approximate surface area is 211 Å². The van der Waals surface area contributed by atoms with Crippen LogP contribution in [-0.4, -0.2) is 21.6 Å². The molecule has 0 bridgehead atoms. The summed E-state index contributed by atoms with van der Waals surface area (Å²) in [5, 5.41) is 8.32. The van der Waals surface area contributed by atoms with Crippen molar-refractivity contribution in [2.24, 2.45) is 11.0 Å². The summed E-state index contributed by atoms with van der Waals surface area (Å²) in [6, 6.07) is 24.2. The molecule has 0 unspecified atom stereocenters. The van der Waals surface area contributed by atoms with Crippen molar-refractivity contribution in [3.05, 3.63) is 100 Å². The molecule has 0 saturated heterocycles. The molecule has 0 fully saturated rings. The minimum absolute atomic E-state index is 0.0176. The van der Waals surface area contributed by atoms with Crippen molar-refractivity contribution >= 4 is 34.1 Å². The molecule has 176 valence electrons. The first-order valence-corrected chi connectivity index (χ1v) is 12.3. The number of aromatic nitrogens is 1. The van der Waals surface area contributed by atoms with Crippen LogP contribution >= 0.6 is 11.6 Å². The second-order valence-electron chi connectivity index (χ2n) is 9.44. The molecule has 1 aliphatic rings. The van der Waals surface area contributed by atoms with Gasteiger partial charge in [0.1, 0.15) is 0 Å². The van der Waals surface area contributed by atoms with Crippen LogP contribution in [0.3, 0.4) is 0 Å². The van der Waals surface area contributed by atoms with Crippen molar-refractivity contribution in [2.45, 2.75) is 40.2 Å². The van der Waals surface area contributed by atoms with Gasteiger partial charge in [0.25, 0.3) is 0 Å². The molecule has 0 aliphatic carbocycles. The molecular formula is C30H28ClN3O. The van der Waals surface area contributed by atoms with Crippen LogP contribution in [0.1, 0.15) is 48.7 Å². The highest BCUT2D eigenvalue weighted by Crippen LogP contribution is 2.40. The molecule has 1 atom stereocenters. The van der Waals surface area contributed by atoms with E-state index in [-0.39, 0.29) is 17.9 Å². The van der Waals surface area contributed by atoms with Crippen LogP contribution in [0.4, 0.5) is 0 Å². The Morgan fingerprint density at radius 3 is 2.40 bits per heavy atom. The summed E-state index contributed by atoms with van der Waals surface area (Å²) in [4.78, 5) is 18.2. The molecular weight excluding hydrogens is 454 g/mol. The maximum Gasteiger partial charge on any atom is 0.245 e. The summed E-state index contributed by atoms with van der Waals surface area (Å²) < 4.78 is 0. The number of amides is 1. The third-order valence-corrected chi connectivity index (χ3v) is 6.89. The minimum Gasteiger partial charge on any atom is -0.273 e. The predicted molar refractivity (Wildman–Crippen MR) is 144 cm³/mol. The zero-order chi connectivity index (χ0) is 24.7. The number of carbonyl (C=O) groups is 1. The average molecular weight is 482 g/mol. The van der Waals surface area contributed by atoms with Crippen LogP contribution < -0.4 is 0 Å². The molecule has 1 amide bonds. The second-order valence-corrected chi connectivity index (χ2v) is 9.87. The molecule has 0 saturated carbocycles. The number of aryl methyl sites for hydroxylation is 2. The van der Waals surface area contributed by atoms with Gasteiger partial charge in [-0.15, -0.1) is 0 Å². The molecule has 5 rings (SSSR count). The van der Waals surface area contributed by atoms with E-state index in [1.54, 1.807) is 5.01 Å². The van der Waals surface area contributed by atoms with Crippen LogP contribution in [0.25, 0.3) is 22.0 Å². The van der Waals surface area contributed by atoms with Crippen LogP contribution in [0.15, 0.2) is 77.9 Å². The summed E-state index contributed by atoms with van der Waals surface area (Å²) in [6.07, 6.45) is 0.623. The quantitative estimate of drug-likeness (QED) is 0.303. The van der Waals surface area contributed by atoms with Gasteiger partial charge in [-0.25, -0.2) is 5.01 Å². The van der Waals surface area contributed by atoms with E-state index in [0.29, 0.717) is 11.4 Å². The Balaban J connectivity index is 1.75. The summed E-state index contributed by atoms with van der Waals surface area (Å²) in [7, 11) is 0. The van der Waals surface area contributed by atoms with Crippen molar-refractivity contribution in [3.8, 4) is 11.1 Å². The number of pyridine rings is 1. The lowest BCUT2D eigenvalue weighted by molar-refractivity contribution is -0.136. The van der Waals surface area contributed by atoms with Crippen LogP contribution in [0.5, 0.6) is 0 Å². The first-order valence-electron chi connectivity index (χ1n) is 12.0. The number of nitrogens with zero attached hydrogens (tertiary/aromatic N) is 3. The Morgan fingerprint density at radius 2 is 1.69 bits per heavy atom. The maximum absolute atomic E-state index is 13.3. The number of carbonyl (C=O) groups excluding carboxylic acids is 1. The van der Waals surface area contributed by atoms with E-state index in [4.69, 9.17) is 21.7 Å². The summed E-state index contributed by atoms with van der Waals surface area (Å²) in [5.41, 5.74) is 8.02. The summed E-state index contributed by atoms with van der Waals surface area (Å²) in [6.45, 7) is 7.95. The Hall–Kier alpha value is -3.50. The van der Waals surface area contributed by atoms with E-state index >= 15 is 0 Å². The highest BCUT2D eigenvalue weighted by molar-refractivity contribution is 6.31. The number of hydrogen-bond donors (Lipinski definition) is 0. The highest BCUT2D eigenvalue weighted by atomic mass is 35.5. The fourth-order valence-corrected chi connectivity index (χ4v) is 5.12. The standard InChI is InChI=1S/C30H28ClN3O/c1-18(2)30(35)34-27(23-13-9-8-10-19(23)3)17-26(33-34)28-20(4)32-25-15-14-22(31)16-24(25)29(28)21-11-6-5-7-12-21/h5-16,18,27H,17H2,1-4H3/t27-/m1/s1. The van der Waals surface area contributed by atoms with Gasteiger partial charge < -0.3 is 0 Å². The molecule has 2 heterocycles. The lowest BCUT2D eigenvalue weighted by Crippen LogP contribution is -2.30. The molecule has 3 aromatic carbocycles. The lowest BCUT2D eigenvalue weighted by atomic mass is 9.88. The van der Waals surface area contributed by atoms with Gasteiger partial charge in [0.2, 0.25) is 5.91 Å². The van der Waals surface area contributed by atoms with Crippen LogP contribution in [0, 0.1) is 19.8 Å². The summed E-state index contributed by atoms with van der Waals surface area (Å²) >= 11 is 6.44. The average Bonchev–Trinajstić information content (AvgIpc) is 3.28. The topological polar surface area (TPSA) is 45.6 Å². The van der Waals surface area contributed by atoms with Gasteiger partial charge in [-0.2, -0.15) is 5.10 Å². The SMILES string of the molecule is Cc1ccccc1[C@H]1CC(c2c(C)nc3ccc(Cl)cc3c2-c2ccccc2)=NN1C(=O)C(C)C. The molecule has 0 radical (unpaired) electrons. The van der Waals surface area contributed by atoms with E-state index in [1.165, 1.54) is 0 Å². The smallest absolute Gasteiger partial charge is 0.245 e. The molecule has 5 heteroatoms. The molecule has 1 aromatic heterocycles. The van der Waals surface area contributed by atoms with E-state index in [0.717, 1.165) is 50.1 Å². The monoisotopic (exact) mass is 481 g/mol. The number of benzene rings is 3. The Morgan fingerprint density at radius 1 is 0.971 bits per heavy atom. The molecule has 1 aliphatic heterocycles. The van der Waals surface area contributed by atoms with Gasteiger partial charge in [0.05, 0.1) is 17.3 Å². The first kappa shape index (κ1) is 23.3. The Kier molecular flexibility index (Phi) is 6.16. The summed E-state index contributed by atoms with van der Waals surface area (Å²) in [5.74, 6) is -0.142. The molecule has 4 aromatic rings. The third-order valence-electron chi connectivity index (χ3n) is 6.66.